The minimum absolute atomic E-state index is 0.145. The number of nitrogens with two attached hydrogens (primary N) is 2. The van der Waals surface area contributed by atoms with Crippen molar-refractivity contribution >= 4 is 39.0 Å². The normalized spacial score (nSPS) is 21.7. The molecular formula is C24H30FN7O3S. The Morgan fingerprint density at radius 3 is 2.97 bits per heavy atom. The Kier molecular flexibility index (Phi) is 7.02. The van der Waals surface area contributed by atoms with Crippen LogP contribution < -0.4 is 21.7 Å². The van der Waals surface area contributed by atoms with E-state index in [4.69, 9.17) is 20.9 Å². The van der Waals surface area contributed by atoms with E-state index >= 15 is 4.39 Å². The molecule has 1 aliphatic carbocycles. The molecule has 1 saturated heterocycles. The number of nitrogen functional groups attached to an aromatic ring is 1. The van der Waals surface area contributed by atoms with Crippen molar-refractivity contribution < 1.29 is 18.7 Å². The molecule has 1 amide bonds. The molecule has 3 aromatic rings. The zero-order valence-corrected chi connectivity index (χ0v) is 21.1. The van der Waals surface area contributed by atoms with E-state index in [2.05, 4.69) is 20.3 Å². The number of methoxy groups -OCH3 is 1. The lowest BCUT2D eigenvalue weighted by atomic mass is 9.91. The lowest BCUT2D eigenvalue weighted by Gasteiger charge is -2.27. The number of rotatable bonds is 7. The molecule has 3 aromatic heterocycles. The van der Waals surface area contributed by atoms with Crippen LogP contribution in [0.25, 0.3) is 10.2 Å². The van der Waals surface area contributed by atoms with Crippen molar-refractivity contribution in [3.63, 3.8) is 0 Å². The number of carbonyl (C=O) groups is 1. The number of halogens is 1. The van der Waals surface area contributed by atoms with Gasteiger partial charge < -0.3 is 31.2 Å². The van der Waals surface area contributed by atoms with Crippen LogP contribution in [0.4, 0.5) is 15.9 Å². The summed E-state index contributed by atoms with van der Waals surface area (Å²) in [6, 6.07) is 1.16. The number of aryl methyl sites for hydroxylation is 2. The number of hydrogen-bond donors (Lipinski definition) is 3. The van der Waals surface area contributed by atoms with Crippen molar-refractivity contribution in [2.24, 2.45) is 5.73 Å². The van der Waals surface area contributed by atoms with Gasteiger partial charge >= 0.3 is 0 Å². The van der Waals surface area contributed by atoms with Crippen molar-refractivity contribution in [3.8, 4) is 0 Å². The summed E-state index contributed by atoms with van der Waals surface area (Å²) in [7, 11) is 1.61. The number of thiophene rings is 1. The van der Waals surface area contributed by atoms with Crippen LogP contribution in [0, 0.1) is 12.7 Å². The summed E-state index contributed by atoms with van der Waals surface area (Å²) in [5.41, 5.74) is 14.5. The fourth-order valence-electron chi connectivity index (χ4n) is 4.81. The highest BCUT2D eigenvalue weighted by Gasteiger charge is 2.34. The van der Waals surface area contributed by atoms with Crippen LogP contribution in [-0.4, -0.2) is 72.5 Å². The average Bonchev–Trinajstić information content (AvgIpc) is 3.37. The largest absolute Gasteiger partial charge is 0.397 e. The van der Waals surface area contributed by atoms with Crippen molar-refractivity contribution in [3.05, 3.63) is 40.0 Å². The molecule has 10 nitrogen and oxygen atoms in total. The van der Waals surface area contributed by atoms with E-state index in [1.165, 1.54) is 17.4 Å². The number of nitrogens with one attached hydrogen (secondary N) is 1. The molecule has 36 heavy (non-hydrogen) atoms. The van der Waals surface area contributed by atoms with Gasteiger partial charge in [-0.3, -0.25) is 4.79 Å². The monoisotopic (exact) mass is 515 g/mol. The molecule has 3 atom stereocenters. The standard InChI is InChI=1S/C24H30FN7O3S/c1-12-28-9-15-20(27)21(36-24(15)29-12)23(33)30-14-3-4-18-13(7-14)8-16(25)22(31-18)32-10-17(26)19(11-32)35-6-5-34-2/h8-9,14,17,19H,3-7,10-11,26-27H2,1-2H3,(H,30,33). The van der Waals surface area contributed by atoms with Gasteiger partial charge in [-0.1, -0.05) is 0 Å². The summed E-state index contributed by atoms with van der Waals surface area (Å²) >= 11 is 1.25. The number of anilines is 2. The number of pyridine rings is 1. The highest BCUT2D eigenvalue weighted by molar-refractivity contribution is 7.21. The summed E-state index contributed by atoms with van der Waals surface area (Å²) < 4.78 is 25.9. The molecule has 0 radical (unpaired) electrons. The summed E-state index contributed by atoms with van der Waals surface area (Å²) in [5, 5.41) is 3.73. The summed E-state index contributed by atoms with van der Waals surface area (Å²) in [4.78, 5) is 29.1. The summed E-state index contributed by atoms with van der Waals surface area (Å²) in [6.45, 7) is 3.67. The second kappa shape index (κ2) is 10.2. The molecule has 0 bridgehead atoms. The molecule has 192 valence electrons. The van der Waals surface area contributed by atoms with Gasteiger partial charge in [0.05, 0.1) is 36.4 Å². The number of ether oxygens (including phenoxy) is 2. The first-order valence-corrected chi connectivity index (χ1v) is 12.8. The van der Waals surface area contributed by atoms with E-state index in [-0.39, 0.29) is 24.1 Å². The molecule has 4 heterocycles. The third-order valence-electron chi connectivity index (χ3n) is 6.70. The molecule has 0 saturated carbocycles. The predicted octanol–water partition coefficient (Wildman–Crippen LogP) is 1.58. The first kappa shape index (κ1) is 24.8. The minimum atomic E-state index is -0.395. The quantitative estimate of drug-likeness (QED) is 0.400. The number of amides is 1. The van der Waals surface area contributed by atoms with Crippen LogP contribution in [0.3, 0.4) is 0 Å². The number of fused-ring (bicyclic) bond motifs is 2. The van der Waals surface area contributed by atoms with Gasteiger partial charge in [0.1, 0.15) is 15.5 Å². The van der Waals surface area contributed by atoms with Crippen LogP contribution in [0.1, 0.15) is 33.2 Å². The SMILES string of the molecule is COCCOC1CN(c2nc3c(cc2F)CC(NC(=O)c2sc4nc(C)ncc4c2N)CC3)CC1N. The number of hydrogen-bond acceptors (Lipinski definition) is 10. The Morgan fingerprint density at radius 1 is 1.33 bits per heavy atom. The first-order chi connectivity index (χ1) is 17.3. The van der Waals surface area contributed by atoms with Crippen LogP contribution in [0.2, 0.25) is 0 Å². The Bertz CT molecular complexity index is 1290. The zero-order chi connectivity index (χ0) is 25.4. The number of aromatic nitrogens is 3. The minimum Gasteiger partial charge on any atom is -0.397 e. The van der Waals surface area contributed by atoms with E-state index < -0.39 is 5.82 Å². The molecule has 3 unspecified atom stereocenters. The van der Waals surface area contributed by atoms with Crippen LogP contribution >= 0.6 is 11.3 Å². The van der Waals surface area contributed by atoms with Crippen molar-refractivity contribution in [2.45, 2.75) is 44.4 Å². The molecule has 5 N–H and O–H groups in total. The van der Waals surface area contributed by atoms with E-state index in [1.54, 1.807) is 20.2 Å². The van der Waals surface area contributed by atoms with Gasteiger partial charge in [-0.15, -0.1) is 11.3 Å². The zero-order valence-electron chi connectivity index (χ0n) is 20.3. The highest BCUT2D eigenvalue weighted by Crippen LogP contribution is 2.33. The number of nitrogens with zero attached hydrogens (tertiary/aromatic N) is 4. The molecule has 1 fully saturated rings. The lowest BCUT2D eigenvalue weighted by molar-refractivity contribution is 0.0212. The number of carbonyl (C=O) groups excluding carboxylic acids is 1. The van der Waals surface area contributed by atoms with Crippen molar-refractivity contribution in [2.75, 3.05) is 44.0 Å². The molecule has 0 aromatic carbocycles. The molecule has 12 heteroatoms. The van der Waals surface area contributed by atoms with Gasteiger partial charge in [0.15, 0.2) is 11.6 Å². The Balaban J connectivity index is 1.26. The average molecular weight is 516 g/mol. The van der Waals surface area contributed by atoms with Crippen molar-refractivity contribution in [1.29, 1.82) is 0 Å². The van der Waals surface area contributed by atoms with E-state index in [1.807, 2.05) is 4.90 Å². The Hall–Kier alpha value is -2.93. The second-order valence-corrected chi connectivity index (χ2v) is 10.3. The lowest BCUT2D eigenvalue weighted by Crippen LogP contribution is -2.39. The Labute approximate surface area is 212 Å². The van der Waals surface area contributed by atoms with Gasteiger partial charge in [-0.25, -0.2) is 19.3 Å². The summed E-state index contributed by atoms with van der Waals surface area (Å²) in [5.74, 6) is 0.280. The highest BCUT2D eigenvalue weighted by atomic mass is 32.1. The molecule has 1 aliphatic heterocycles. The molecular weight excluding hydrogens is 485 g/mol. The van der Waals surface area contributed by atoms with Gasteiger partial charge in [0, 0.05) is 38.1 Å². The van der Waals surface area contributed by atoms with E-state index in [0.717, 1.165) is 11.3 Å². The van der Waals surface area contributed by atoms with E-state index in [9.17, 15) is 4.79 Å². The van der Waals surface area contributed by atoms with Crippen LogP contribution in [-0.2, 0) is 22.3 Å². The van der Waals surface area contributed by atoms with Gasteiger partial charge in [0.25, 0.3) is 5.91 Å². The predicted molar refractivity (Wildman–Crippen MR) is 136 cm³/mol. The van der Waals surface area contributed by atoms with Crippen LogP contribution in [0.5, 0.6) is 0 Å². The fraction of sp³-hybridized carbons (Fsp3) is 0.500. The third kappa shape index (κ3) is 4.85. The molecule has 5 rings (SSSR count). The first-order valence-electron chi connectivity index (χ1n) is 12.0. The smallest absolute Gasteiger partial charge is 0.263 e. The van der Waals surface area contributed by atoms with Gasteiger partial charge in [0.2, 0.25) is 0 Å². The molecule has 0 spiro atoms. The Morgan fingerprint density at radius 2 is 2.17 bits per heavy atom. The maximum Gasteiger partial charge on any atom is 0.263 e. The van der Waals surface area contributed by atoms with E-state index in [0.29, 0.717) is 78.0 Å². The van der Waals surface area contributed by atoms with Gasteiger partial charge in [-0.05, 0) is 37.8 Å². The topological polar surface area (TPSA) is 142 Å². The molecule has 2 aliphatic rings. The van der Waals surface area contributed by atoms with Crippen LogP contribution in [0.15, 0.2) is 12.3 Å². The van der Waals surface area contributed by atoms with Crippen molar-refractivity contribution in [1.82, 2.24) is 20.3 Å². The second-order valence-electron chi connectivity index (χ2n) is 9.26. The summed E-state index contributed by atoms with van der Waals surface area (Å²) in [6.07, 6.45) is 3.27. The van der Waals surface area contributed by atoms with Gasteiger partial charge in [-0.2, -0.15) is 0 Å². The maximum atomic E-state index is 15.1. The third-order valence-corrected chi connectivity index (χ3v) is 7.81. The maximum absolute atomic E-state index is 15.1. The fourth-order valence-corrected chi connectivity index (χ4v) is 5.82.